The van der Waals surface area contributed by atoms with E-state index in [0.29, 0.717) is 18.9 Å². The standard InChI is InChI=1S/C21H22N2OS/c1-16(18-10-6-3-7-11-18)14-22-20(24)13-19-15-25-21(23-19)12-17-8-4-2-5-9-17/h2-11,15-16H,12-14H2,1H3,(H,22,24)/t16-/m1/s1. The van der Waals surface area contributed by atoms with Crippen LogP contribution in [0.15, 0.2) is 66.0 Å². The highest BCUT2D eigenvalue weighted by Gasteiger charge is 2.10. The summed E-state index contributed by atoms with van der Waals surface area (Å²) in [6, 6.07) is 20.5. The third-order valence-electron chi connectivity index (χ3n) is 4.11. The molecular formula is C21H22N2OS. The lowest BCUT2D eigenvalue weighted by molar-refractivity contribution is -0.120. The van der Waals surface area contributed by atoms with Gasteiger partial charge in [-0.2, -0.15) is 0 Å². The Balaban J connectivity index is 1.48. The summed E-state index contributed by atoms with van der Waals surface area (Å²) in [4.78, 5) is 16.8. The third-order valence-corrected chi connectivity index (χ3v) is 5.01. The average molecular weight is 350 g/mol. The van der Waals surface area contributed by atoms with Crippen molar-refractivity contribution in [1.82, 2.24) is 10.3 Å². The average Bonchev–Trinajstić information content (AvgIpc) is 3.08. The molecular weight excluding hydrogens is 328 g/mol. The smallest absolute Gasteiger partial charge is 0.226 e. The van der Waals surface area contributed by atoms with Gasteiger partial charge in [0.2, 0.25) is 5.91 Å². The first-order chi connectivity index (χ1) is 12.2. The Labute approximate surface area is 152 Å². The summed E-state index contributed by atoms with van der Waals surface area (Å²) >= 11 is 1.62. The van der Waals surface area contributed by atoms with Gasteiger partial charge in [-0.1, -0.05) is 67.6 Å². The molecule has 0 unspecified atom stereocenters. The summed E-state index contributed by atoms with van der Waals surface area (Å²) in [6.07, 6.45) is 1.16. The van der Waals surface area contributed by atoms with E-state index < -0.39 is 0 Å². The molecule has 1 atom stereocenters. The molecule has 0 aliphatic rings. The van der Waals surface area contributed by atoms with E-state index >= 15 is 0 Å². The van der Waals surface area contributed by atoms with Crippen molar-refractivity contribution in [2.24, 2.45) is 0 Å². The van der Waals surface area contributed by atoms with Gasteiger partial charge >= 0.3 is 0 Å². The number of nitrogens with one attached hydrogen (secondary N) is 1. The van der Waals surface area contributed by atoms with Crippen molar-refractivity contribution in [3.05, 3.63) is 87.9 Å². The van der Waals surface area contributed by atoms with E-state index in [2.05, 4.69) is 41.5 Å². The number of hydrogen-bond donors (Lipinski definition) is 1. The van der Waals surface area contributed by atoms with Crippen LogP contribution in [0.1, 0.15) is 34.7 Å². The molecule has 1 aromatic heterocycles. The highest BCUT2D eigenvalue weighted by Crippen LogP contribution is 2.16. The first kappa shape index (κ1) is 17.4. The zero-order valence-corrected chi connectivity index (χ0v) is 15.1. The van der Waals surface area contributed by atoms with Crippen LogP contribution < -0.4 is 5.32 Å². The molecule has 3 rings (SSSR count). The molecule has 4 heteroatoms. The Bertz CT molecular complexity index is 799. The van der Waals surface area contributed by atoms with Crippen LogP contribution in [0.2, 0.25) is 0 Å². The molecule has 3 aromatic rings. The molecule has 0 bridgehead atoms. The van der Waals surface area contributed by atoms with Crippen LogP contribution in [0.5, 0.6) is 0 Å². The SMILES string of the molecule is C[C@H](CNC(=O)Cc1csc(Cc2ccccc2)n1)c1ccccc1. The quantitative estimate of drug-likeness (QED) is 0.694. The fraction of sp³-hybridized carbons (Fsp3) is 0.238. The van der Waals surface area contributed by atoms with Crippen LogP contribution in [0.25, 0.3) is 0 Å². The van der Waals surface area contributed by atoms with Gasteiger partial charge in [-0.05, 0) is 17.0 Å². The lowest BCUT2D eigenvalue weighted by atomic mass is 10.0. The van der Waals surface area contributed by atoms with Gasteiger partial charge in [-0.15, -0.1) is 11.3 Å². The van der Waals surface area contributed by atoms with Crippen LogP contribution in [0.4, 0.5) is 0 Å². The number of aromatic nitrogens is 1. The second kappa shape index (κ2) is 8.58. The van der Waals surface area contributed by atoms with Crippen molar-refractivity contribution in [1.29, 1.82) is 0 Å². The van der Waals surface area contributed by atoms with Gasteiger partial charge in [0.15, 0.2) is 0 Å². The minimum absolute atomic E-state index is 0.0272. The zero-order chi connectivity index (χ0) is 17.5. The van der Waals surface area contributed by atoms with E-state index in [1.165, 1.54) is 11.1 Å². The van der Waals surface area contributed by atoms with Crippen molar-refractivity contribution >= 4 is 17.2 Å². The largest absolute Gasteiger partial charge is 0.355 e. The molecule has 1 N–H and O–H groups in total. The minimum Gasteiger partial charge on any atom is -0.355 e. The van der Waals surface area contributed by atoms with Gasteiger partial charge in [0.25, 0.3) is 0 Å². The number of thiazole rings is 1. The fourth-order valence-corrected chi connectivity index (χ4v) is 3.50. The number of hydrogen-bond acceptors (Lipinski definition) is 3. The maximum atomic E-state index is 12.2. The highest BCUT2D eigenvalue weighted by atomic mass is 32.1. The van der Waals surface area contributed by atoms with E-state index in [4.69, 9.17) is 0 Å². The lowest BCUT2D eigenvalue weighted by Crippen LogP contribution is -2.29. The van der Waals surface area contributed by atoms with Gasteiger partial charge in [-0.3, -0.25) is 4.79 Å². The normalized spacial score (nSPS) is 11.9. The molecule has 0 saturated heterocycles. The monoisotopic (exact) mass is 350 g/mol. The number of benzene rings is 2. The molecule has 1 heterocycles. The molecule has 0 aliphatic carbocycles. The molecule has 2 aromatic carbocycles. The van der Waals surface area contributed by atoms with Crippen LogP contribution >= 0.6 is 11.3 Å². The summed E-state index contributed by atoms with van der Waals surface area (Å²) in [5.74, 6) is 0.327. The summed E-state index contributed by atoms with van der Waals surface area (Å²) < 4.78 is 0. The van der Waals surface area contributed by atoms with Crippen molar-refractivity contribution in [3.8, 4) is 0 Å². The van der Waals surface area contributed by atoms with Crippen molar-refractivity contribution in [3.63, 3.8) is 0 Å². The summed E-state index contributed by atoms with van der Waals surface area (Å²) in [5.41, 5.74) is 3.33. The molecule has 0 spiro atoms. The third kappa shape index (κ3) is 5.26. The van der Waals surface area contributed by atoms with Crippen LogP contribution in [0.3, 0.4) is 0 Å². The van der Waals surface area contributed by atoms with Crippen molar-refractivity contribution < 1.29 is 4.79 Å². The van der Waals surface area contributed by atoms with Gasteiger partial charge < -0.3 is 5.32 Å². The Morgan fingerprint density at radius 3 is 2.48 bits per heavy atom. The molecule has 0 saturated carbocycles. The highest BCUT2D eigenvalue weighted by molar-refractivity contribution is 7.09. The van der Waals surface area contributed by atoms with E-state index in [0.717, 1.165) is 17.1 Å². The predicted molar refractivity (Wildman–Crippen MR) is 103 cm³/mol. The first-order valence-corrected chi connectivity index (χ1v) is 9.37. The topological polar surface area (TPSA) is 42.0 Å². The lowest BCUT2D eigenvalue weighted by Gasteiger charge is -2.12. The number of rotatable bonds is 7. The molecule has 128 valence electrons. The predicted octanol–water partition coefficient (Wildman–Crippen LogP) is 4.20. The van der Waals surface area contributed by atoms with Crippen LogP contribution in [0, 0.1) is 0 Å². The van der Waals surface area contributed by atoms with Gasteiger partial charge in [0.1, 0.15) is 0 Å². The van der Waals surface area contributed by atoms with E-state index in [1.54, 1.807) is 11.3 Å². The number of nitrogens with zero attached hydrogens (tertiary/aromatic N) is 1. The molecule has 0 fully saturated rings. The van der Waals surface area contributed by atoms with Crippen molar-refractivity contribution in [2.75, 3.05) is 6.54 Å². The van der Waals surface area contributed by atoms with Gasteiger partial charge in [-0.25, -0.2) is 4.98 Å². The molecule has 0 radical (unpaired) electrons. The number of carbonyl (C=O) groups is 1. The summed E-state index contributed by atoms with van der Waals surface area (Å²) in [7, 11) is 0. The van der Waals surface area contributed by atoms with Gasteiger partial charge in [0.05, 0.1) is 17.1 Å². The Morgan fingerprint density at radius 1 is 1.08 bits per heavy atom. The Kier molecular flexibility index (Phi) is 5.96. The first-order valence-electron chi connectivity index (χ1n) is 8.49. The minimum atomic E-state index is 0.0272. The zero-order valence-electron chi connectivity index (χ0n) is 14.3. The van der Waals surface area contributed by atoms with Gasteiger partial charge in [0, 0.05) is 18.3 Å². The molecule has 25 heavy (non-hydrogen) atoms. The number of amides is 1. The maximum absolute atomic E-state index is 12.2. The molecule has 3 nitrogen and oxygen atoms in total. The second-order valence-corrected chi connectivity index (χ2v) is 7.13. The second-order valence-electron chi connectivity index (χ2n) is 6.19. The molecule has 0 aliphatic heterocycles. The maximum Gasteiger partial charge on any atom is 0.226 e. The van der Waals surface area contributed by atoms with Crippen molar-refractivity contribution in [2.45, 2.75) is 25.7 Å². The van der Waals surface area contributed by atoms with Crippen LogP contribution in [-0.2, 0) is 17.6 Å². The summed E-state index contributed by atoms with van der Waals surface area (Å²) in [5, 5.41) is 6.05. The fourth-order valence-electron chi connectivity index (χ4n) is 2.68. The molecule has 1 amide bonds. The van der Waals surface area contributed by atoms with E-state index in [9.17, 15) is 4.79 Å². The van der Waals surface area contributed by atoms with Crippen LogP contribution in [-0.4, -0.2) is 17.4 Å². The Morgan fingerprint density at radius 2 is 1.76 bits per heavy atom. The van der Waals surface area contributed by atoms with E-state index in [1.807, 2.05) is 41.8 Å². The van der Waals surface area contributed by atoms with E-state index in [-0.39, 0.29) is 5.91 Å². The summed E-state index contributed by atoms with van der Waals surface area (Å²) in [6.45, 7) is 2.76. The number of carbonyl (C=O) groups excluding carboxylic acids is 1. The Hall–Kier alpha value is -2.46.